The van der Waals surface area contributed by atoms with E-state index in [-0.39, 0.29) is 17.1 Å². The summed E-state index contributed by atoms with van der Waals surface area (Å²) >= 11 is 7.47. The molecule has 166 valence electrons. The van der Waals surface area contributed by atoms with Gasteiger partial charge in [-0.05, 0) is 54.3 Å². The number of amides is 2. The molecule has 1 unspecified atom stereocenters. The molecule has 2 N–H and O–H groups in total. The van der Waals surface area contributed by atoms with E-state index in [1.165, 1.54) is 11.8 Å². The number of carbonyl (C=O) groups excluding carboxylic acids is 2. The van der Waals surface area contributed by atoms with Crippen molar-refractivity contribution >= 4 is 57.3 Å². The van der Waals surface area contributed by atoms with E-state index in [1.54, 1.807) is 24.3 Å². The third-order valence-corrected chi connectivity index (χ3v) is 6.76. The zero-order valence-corrected chi connectivity index (χ0v) is 19.6. The first-order valence-electron chi connectivity index (χ1n) is 10.7. The van der Waals surface area contributed by atoms with E-state index < -0.39 is 0 Å². The number of carbonyl (C=O) groups is 2. The maximum atomic E-state index is 13.1. The summed E-state index contributed by atoms with van der Waals surface area (Å²) in [6, 6.07) is 28.2. The summed E-state index contributed by atoms with van der Waals surface area (Å²) in [4.78, 5) is 26.5. The summed E-state index contributed by atoms with van der Waals surface area (Å²) in [6.07, 6.45) is 0.667. The number of hydrogen-bond donors (Lipinski definition) is 2. The summed E-state index contributed by atoms with van der Waals surface area (Å²) in [7, 11) is 0. The minimum Gasteiger partial charge on any atom is -0.325 e. The Morgan fingerprint density at radius 3 is 2.45 bits per heavy atom. The second-order valence-electron chi connectivity index (χ2n) is 7.52. The number of thioether (sulfide) groups is 1. The van der Waals surface area contributed by atoms with Crippen LogP contribution in [-0.4, -0.2) is 17.1 Å². The smallest absolute Gasteiger partial charge is 0.255 e. The molecule has 2 amide bonds. The lowest BCUT2D eigenvalue weighted by molar-refractivity contribution is -0.115. The molecule has 0 aliphatic carbocycles. The molecule has 6 heteroatoms. The van der Waals surface area contributed by atoms with Crippen LogP contribution >= 0.6 is 23.4 Å². The van der Waals surface area contributed by atoms with E-state index in [0.29, 0.717) is 22.7 Å². The van der Waals surface area contributed by atoms with E-state index in [2.05, 4.69) is 10.6 Å². The maximum Gasteiger partial charge on any atom is 0.255 e. The Hall–Kier alpha value is -3.28. The van der Waals surface area contributed by atoms with Gasteiger partial charge in [0, 0.05) is 32.2 Å². The SMILES string of the molecule is CCC(Sc1cccc(NC(=O)c2cccc(Cl)c2)c1)C(=O)Nc1cccc2ccccc12. The lowest BCUT2D eigenvalue weighted by Gasteiger charge is -2.16. The quantitative estimate of drug-likeness (QED) is 0.277. The molecular weight excluding hydrogens is 452 g/mol. The highest BCUT2D eigenvalue weighted by Crippen LogP contribution is 2.30. The van der Waals surface area contributed by atoms with Crippen molar-refractivity contribution in [2.75, 3.05) is 10.6 Å². The van der Waals surface area contributed by atoms with Crippen molar-refractivity contribution in [2.24, 2.45) is 0 Å². The normalized spacial score (nSPS) is 11.7. The summed E-state index contributed by atoms with van der Waals surface area (Å²) in [6.45, 7) is 1.99. The van der Waals surface area contributed by atoms with Crippen molar-refractivity contribution in [1.82, 2.24) is 0 Å². The van der Waals surface area contributed by atoms with Gasteiger partial charge in [-0.2, -0.15) is 0 Å². The number of rotatable bonds is 7. The summed E-state index contributed by atoms with van der Waals surface area (Å²) in [5.74, 6) is -0.285. The molecule has 0 bridgehead atoms. The van der Waals surface area contributed by atoms with Gasteiger partial charge in [0.25, 0.3) is 5.91 Å². The van der Waals surface area contributed by atoms with Gasteiger partial charge in [0.15, 0.2) is 0 Å². The molecule has 0 saturated carbocycles. The number of anilines is 2. The fourth-order valence-electron chi connectivity index (χ4n) is 3.51. The topological polar surface area (TPSA) is 58.2 Å². The fraction of sp³-hybridized carbons (Fsp3) is 0.111. The van der Waals surface area contributed by atoms with E-state index in [1.807, 2.05) is 73.7 Å². The molecule has 4 nitrogen and oxygen atoms in total. The van der Waals surface area contributed by atoms with Gasteiger partial charge < -0.3 is 10.6 Å². The van der Waals surface area contributed by atoms with Crippen LogP contribution in [0.3, 0.4) is 0 Å². The fourth-order valence-corrected chi connectivity index (χ4v) is 4.72. The molecule has 0 aliphatic heterocycles. The number of benzene rings is 4. The van der Waals surface area contributed by atoms with Crippen molar-refractivity contribution in [3.63, 3.8) is 0 Å². The van der Waals surface area contributed by atoms with Crippen LogP contribution in [0.25, 0.3) is 10.8 Å². The minimum atomic E-state index is -0.275. The van der Waals surface area contributed by atoms with Gasteiger partial charge >= 0.3 is 0 Å². The van der Waals surface area contributed by atoms with E-state index >= 15 is 0 Å². The summed E-state index contributed by atoms with van der Waals surface area (Å²) < 4.78 is 0. The van der Waals surface area contributed by atoms with Crippen molar-refractivity contribution in [3.8, 4) is 0 Å². The Bertz CT molecular complexity index is 1300. The average Bonchev–Trinajstić information content (AvgIpc) is 2.83. The molecule has 0 aromatic heterocycles. The number of hydrogen-bond acceptors (Lipinski definition) is 3. The highest BCUT2D eigenvalue weighted by atomic mass is 35.5. The third kappa shape index (κ3) is 5.75. The third-order valence-electron chi connectivity index (χ3n) is 5.17. The van der Waals surface area contributed by atoms with Gasteiger partial charge in [-0.25, -0.2) is 0 Å². The zero-order chi connectivity index (χ0) is 23.2. The highest BCUT2D eigenvalue weighted by Gasteiger charge is 2.19. The first kappa shape index (κ1) is 22.9. The first-order valence-corrected chi connectivity index (χ1v) is 11.9. The van der Waals surface area contributed by atoms with Crippen molar-refractivity contribution in [3.05, 3.63) is 102 Å². The molecule has 4 rings (SSSR count). The standard InChI is InChI=1S/C27H23ClN2O2S/c1-2-25(27(32)30-24-15-6-9-18-8-3-4-14-23(18)24)33-22-13-7-12-21(17-22)29-26(31)19-10-5-11-20(28)16-19/h3-17,25H,2H2,1H3,(H,29,31)(H,30,32). The van der Waals surface area contributed by atoms with Crippen LogP contribution in [0.2, 0.25) is 5.02 Å². The second kappa shape index (κ2) is 10.6. The Labute approximate surface area is 202 Å². The van der Waals surface area contributed by atoms with Gasteiger partial charge in [0.05, 0.1) is 5.25 Å². The van der Waals surface area contributed by atoms with Crippen molar-refractivity contribution in [2.45, 2.75) is 23.5 Å². The summed E-state index contributed by atoms with van der Waals surface area (Å²) in [5, 5.41) is 8.31. The molecular formula is C27H23ClN2O2S. The lowest BCUT2D eigenvalue weighted by Crippen LogP contribution is -2.24. The Morgan fingerprint density at radius 2 is 1.64 bits per heavy atom. The van der Waals surface area contributed by atoms with Crippen LogP contribution in [-0.2, 0) is 4.79 Å². The van der Waals surface area contributed by atoms with Crippen LogP contribution < -0.4 is 10.6 Å². The number of nitrogens with one attached hydrogen (secondary N) is 2. The number of fused-ring (bicyclic) bond motifs is 1. The molecule has 4 aromatic carbocycles. The highest BCUT2D eigenvalue weighted by molar-refractivity contribution is 8.00. The monoisotopic (exact) mass is 474 g/mol. The van der Waals surface area contributed by atoms with E-state index in [0.717, 1.165) is 21.4 Å². The predicted octanol–water partition coefficient (Wildman–Crippen LogP) is 7.25. The van der Waals surface area contributed by atoms with E-state index in [4.69, 9.17) is 11.6 Å². The molecule has 1 atom stereocenters. The number of halogens is 1. The van der Waals surface area contributed by atoms with Crippen LogP contribution in [0.5, 0.6) is 0 Å². The largest absolute Gasteiger partial charge is 0.325 e. The van der Waals surface area contributed by atoms with Crippen LogP contribution in [0.4, 0.5) is 11.4 Å². The maximum absolute atomic E-state index is 13.1. The molecule has 0 aliphatic rings. The van der Waals surface area contributed by atoms with Crippen LogP contribution in [0, 0.1) is 0 Å². The molecule has 4 aromatic rings. The zero-order valence-electron chi connectivity index (χ0n) is 18.0. The van der Waals surface area contributed by atoms with Crippen LogP contribution in [0.1, 0.15) is 23.7 Å². The Balaban J connectivity index is 1.46. The van der Waals surface area contributed by atoms with Gasteiger partial charge in [-0.1, -0.05) is 67.1 Å². The summed E-state index contributed by atoms with van der Waals surface area (Å²) in [5.41, 5.74) is 1.95. The van der Waals surface area contributed by atoms with Gasteiger partial charge in [-0.15, -0.1) is 11.8 Å². The molecule has 0 fully saturated rings. The molecule has 0 saturated heterocycles. The second-order valence-corrected chi connectivity index (χ2v) is 9.24. The van der Waals surface area contributed by atoms with Crippen LogP contribution in [0.15, 0.2) is 95.9 Å². The molecule has 33 heavy (non-hydrogen) atoms. The Kier molecular flexibility index (Phi) is 7.33. The molecule has 0 heterocycles. The predicted molar refractivity (Wildman–Crippen MR) is 138 cm³/mol. The Morgan fingerprint density at radius 1 is 0.879 bits per heavy atom. The van der Waals surface area contributed by atoms with Crippen molar-refractivity contribution < 1.29 is 9.59 Å². The van der Waals surface area contributed by atoms with Gasteiger partial charge in [-0.3, -0.25) is 9.59 Å². The lowest BCUT2D eigenvalue weighted by atomic mass is 10.1. The first-order chi connectivity index (χ1) is 16.0. The average molecular weight is 475 g/mol. The molecule has 0 spiro atoms. The van der Waals surface area contributed by atoms with Gasteiger partial charge in [0.1, 0.15) is 0 Å². The minimum absolute atomic E-state index is 0.0489. The van der Waals surface area contributed by atoms with Gasteiger partial charge in [0.2, 0.25) is 5.91 Å². The van der Waals surface area contributed by atoms with Crippen molar-refractivity contribution in [1.29, 1.82) is 0 Å². The molecule has 0 radical (unpaired) electrons. The van der Waals surface area contributed by atoms with E-state index in [9.17, 15) is 9.59 Å².